The molecule has 0 radical (unpaired) electrons. The maximum Gasteiger partial charge on any atom is 0.187 e. The third kappa shape index (κ3) is 3.33. The molecule has 1 saturated heterocycles. The first-order valence-corrected chi connectivity index (χ1v) is 5.22. The van der Waals surface area contributed by atoms with Crippen LogP contribution >= 0.6 is 0 Å². The summed E-state index contributed by atoms with van der Waals surface area (Å²) in [5.74, 6) is 0. The minimum Gasteiger partial charge on any atom is -0.394 e. The summed E-state index contributed by atoms with van der Waals surface area (Å²) >= 11 is 0. The third-order valence-electron chi connectivity index (χ3n) is 2.58. The van der Waals surface area contributed by atoms with Crippen LogP contribution < -0.4 is 0 Å². The molecule has 1 aliphatic heterocycles. The quantitative estimate of drug-likeness (QED) is 0.293. The van der Waals surface area contributed by atoms with E-state index in [-0.39, 0.29) is 0 Å². The maximum absolute atomic E-state index is 9.56. The predicted octanol–water partition coefficient (Wildman–Crippen LogP) is -3.84. The Morgan fingerprint density at radius 1 is 0.941 bits per heavy atom. The van der Waals surface area contributed by atoms with Crippen molar-refractivity contribution in [3.05, 3.63) is 0 Å². The predicted molar refractivity (Wildman–Crippen MR) is 52.8 cm³/mol. The number of hydrogen-bond acceptors (Lipinski definition) is 8. The number of ether oxygens (including phenoxy) is 2. The number of aliphatic hydroxyl groups excluding tert-OH is 6. The Labute approximate surface area is 97.6 Å². The molecule has 0 bridgehead atoms. The molecule has 0 aromatic rings. The van der Waals surface area contributed by atoms with Gasteiger partial charge in [-0.05, 0) is 0 Å². The zero-order valence-corrected chi connectivity index (χ0v) is 9.09. The second-order valence-corrected chi connectivity index (χ2v) is 3.82. The van der Waals surface area contributed by atoms with Crippen molar-refractivity contribution in [3.63, 3.8) is 0 Å². The van der Waals surface area contributed by atoms with Crippen LogP contribution in [0.3, 0.4) is 0 Å². The summed E-state index contributed by atoms with van der Waals surface area (Å²) < 4.78 is 10.0. The van der Waals surface area contributed by atoms with E-state index in [4.69, 9.17) is 24.8 Å². The molecule has 0 spiro atoms. The summed E-state index contributed by atoms with van der Waals surface area (Å²) in [6, 6.07) is 0. The molecule has 0 aromatic carbocycles. The highest BCUT2D eigenvalue weighted by atomic mass is 16.7. The molecular weight excluding hydrogens is 236 g/mol. The summed E-state index contributed by atoms with van der Waals surface area (Å²) in [6.45, 7) is -1.55. The molecule has 0 aromatic heterocycles. The van der Waals surface area contributed by atoms with Crippen LogP contribution in [0.5, 0.6) is 0 Å². The van der Waals surface area contributed by atoms with Crippen molar-refractivity contribution in [2.24, 2.45) is 0 Å². The van der Waals surface area contributed by atoms with E-state index < -0.39 is 56.6 Å². The van der Waals surface area contributed by atoms with Crippen LogP contribution in [0.25, 0.3) is 0 Å². The van der Waals surface area contributed by atoms with E-state index in [2.05, 4.69) is 0 Å². The minimum atomic E-state index is -1.54. The summed E-state index contributed by atoms with van der Waals surface area (Å²) in [4.78, 5) is 0. The van der Waals surface area contributed by atoms with E-state index in [0.717, 1.165) is 0 Å². The van der Waals surface area contributed by atoms with Crippen molar-refractivity contribution in [2.45, 2.75) is 36.8 Å². The third-order valence-corrected chi connectivity index (χ3v) is 2.58. The number of rotatable bonds is 5. The van der Waals surface area contributed by atoms with Crippen LogP contribution in [0, 0.1) is 0 Å². The Morgan fingerprint density at radius 2 is 1.53 bits per heavy atom. The van der Waals surface area contributed by atoms with Gasteiger partial charge in [-0.3, -0.25) is 0 Å². The molecule has 6 N–H and O–H groups in total. The molecule has 1 fully saturated rings. The lowest BCUT2D eigenvalue weighted by atomic mass is 9.99. The van der Waals surface area contributed by atoms with Gasteiger partial charge < -0.3 is 40.1 Å². The highest BCUT2D eigenvalue weighted by Gasteiger charge is 2.44. The molecule has 102 valence electrons. The molecule has 1 aliphatic rings. The first-order valence-electron chi connectivity index (χ1n) is 5.22. The summed E-state index contributed by atoms with van der Waals surface area (Å²) in [5.41, 5.74) is 0. The second kappa shape index (κ2) is 6.57. The molecule has 8 heteroatoms. The van der Waals surface area contributed by atoms with Crippen LogP contribution in [0.15, 0.2) is 0 Å². The fourth-order valence-corrected chi connectivity index (χ4v) is 1.51. The fraction of sp³-hybridized carbons (Fsp3) is 1.00. The Balaban J connectivity index is 2.65. The lowest BCUT2D eigenvalue weighted by molar-refractivity contribution is -0.315. The van der Waals surface area contributed by atoms with E-state index in [9.17, 15) is 15.3 Å². The Bertz CT molecular complexity index is 217. The van der Waals surface area contributed by atoms with Gasteiger partial charge in [-0.2, -0.15) is 0 Å². The minimum absolute atomic E-state index is 0.495. The van der Waals surface area contributed by atoms with Crippen LogP contribution in [0.1, 0.15) is 0 Å². The van der Waals surface area contributed by atoms with Crippen molar-refractivity contribution in [3.8, 4) is 0 Å². The van der Waals surface area contributed by atoms with Crippen LogP contribution in [-0.2, 0) is 9.47 Å². The zero-order chi connectivity index (χ0) is 13.0. The normalized spacial score (nSPS) is 38.6. The second-order valence-electron chi connectivity index (χ2n) is 3.82. The molecule has 8 nitrogen and oxygen atoms in total. The van der Waals surface area contributed by atoms with Gasteiger partial charge in [0.2, 0.25) is 0 Å². The Morgan fingerprint density at radius 3 is 2.00 bits per heavy atom. The SMILES string of the molecule is OCC(CO)OC1O[C@H](CO)C(O)C(O)[C@H]1O. The number of aliphatic hydroxyl groups is 6. The Hall–Kier alpha value is -0.320. The highest BCUT2D eigenvalue weighted by Crippen LogP contribution is 2.22. The van der Waals surface area contributed by atoms with E-state index >= 15 is 0 Å². The molecule has 0 aliphatic carbocycles. The van der Waals surface area contributed by atoms with Gasteiger partial charge in [0, 0.05) is 0 Å². The molecule has 17 heavy (non-hydrogen) atoms. The van der Waals surface area contributed by atoms with Crippen molar-refractivity contribution in [2.75, 3.05) is 19.8 Å². The van der Waals surface area contributed by atoms with Gasteiger partial charge in [-0.1, -0.05) is 0 Å². The molecule has 1 heterocycles. The van der Waals surface area contributed by atoms with Crippen molar-refractivity contribution < 1.29 is 40.1 Å². The monoisotopic (exact) mass is 254 g/mol. The lowest BCUT2D eigenvalue weighted by Crippen LogP contribution is -2.60. The molecular formula is C9H18O8. The van der Waals surface area contributed by atoms with E-state index in [1.54, 1.807) is 0 Å². The average molecular weight is 254 g/mol. The van der Waals surface area contributed by atoms with Crippen molar-refractivity contribution in [1.82, 2.24) is 0 Å². The smallest absolute Gasteiger partial charge is 0.187 e. The maximum atomic E-state index is 9.56. The largest absolute Gasteiger partial charge is 0.394 e. The molecule has 0 saturated carbocycles. The van der Waals surface area contributed by atoms with E-state index in [0.29, 0.717) is 0 Å². The first-order chi connectivity index (χ1) is 8.04. The van der Waals surface area contributed by atoms with Gasteiger partial charge in [-0.15, -0.1) is 0 Å². The summed E-state index contributed by atoms with van der Waals surface area (Å²) in [7, 11) is 0. The molecule has 3 unspecified atom stereocenters. The molecule has 5 atom stereocenters. The van der Waals surface area contributed by atoms with Crippen LogP contribution in [-0.4, -0.2) is 87.3 Å². The highest BCUT2D eigenvalue weighted by molar-refractivity contribution is 4.89. The zero-order valence-electron chi connectivity index (χ0n) is 9.09. The average Bonchev–Trinajstić information content (AvgIpc) is 2.35. The van der Waals surface area contributed by atoms with Gasteiger partial charge in [0.25, 0.3) is 0 Å². The van der Waals surface area contributed by atoms with Crippen molar-refractivity contribution >= 4 is 0 Å². The molecule has 1 rings (SSSR count). The van der Waals surface area contributed by atoms with Crippen molar-refractivity contribution in [1.29, 1.82) is 0 Å². The summed E-state index contributed by atoms with van der Waals surface area (Å²) in [5, 5.41) is 55.0. The van der Waals surface area contributed by atoms with Gasteiger partial charge in [-0.25, -0.2) is 0 Å². The van der Waals surface area contributed by atoms with Gasteiger partial charge in [0.1, 0.15) is 30.5 Å². The van der Waals surface area contributed by atoms with Gasteiger partial charge in [0.15, 0.2) is 6.29 Å². The van der Waals surface area contributed by atoms with E-state index in [1.165, 1.54) is 0 Å². The van der Waals surface area contributed by atoms with Gasteiger partial charge >= 0.3 is 0 Å². The van der Waals surface area contributed by atoms with Crippen LogP contribution in [0.4, 0.5) is 0 Å². The topological polar surface area (TPSA) is 140 Å². The summed E-state index contributed by atoms with van der Waals surface area (Å²) in [6.07, 6.45) is -7.92. The fourth-order valence-electron chi connectivity index (χ4n) is 1.51. The van der Waals surface area contributed by atoms with Crippen LogP contribution in [0.2, 0.25) is 0 Å². The number of hydrogen-bond donors (Lipinski definition) is 6. The van der Waals surface area contributed by atoms with E-state index in [1.807, 2.05) is 0 Å². The Kier molecular flexibility index (Phi) is 5.70. The first kappa shape index (κ1) is 14.7. The standard InChI is InChI=1S/C9H18O8/c10-1-4(2-11)16-9-8(15)7(14)6(13)5(3-12)17-9/h4-15H,1-3H2/t5-,6?,7?,8-,9?/m1/s1. The van der Waals surface area contributed by atoms with Gasteiger partial charge in [0.05, 0.1) is 19.8 Å². The molecule has 0 amide bonds. The lowest BCUT2D eigenvalue weighted by Gasteiger charge is -2.40.